The van der Waals surface area contributed by atoms with Gasteiger partial charge in [0.25, 0.3) is 36.9 Å². The summed E-state index contributed by atoms with van der Waals surface area (Å²) >= 11 is 0. The number of benzene rings is 3. The van der Waals surface area contributed by atoms with Gasteiger partial charge in [0.05, 0.1) is 43.5 Å². The number of aromatic nitrogens is 6. The van der Waals surface area contributed by atoms with Gasteiger partial charge in [0, 0.05) is 54.5 Å². The fourth-order valence-corrected chi connectivity index (χ4v) is 12.4. The summed E-state index contributed by atoms with van der Waals surface area (Å²) < 4.78 is 102. The molecule has 0 bridgehead atoms. The summed E-state index contributed by atoms with van der Waals surface area (Å²) in [5.74, 6) is -0.931. The summed E-state index contributed by atoms with van der Waals surface area (Å²) in [6.45, 7) is 4.08. The van der Waals surface area contributed by atoms with Gasteiger partial charge in [-0.1, -0.05) is 72.8 Å². The van der Waals surface area contributed by atoms with Crippen molar-refractivity contribution in [2.24, 2.45) is 0 Å². The van der Waals surface area contributed by atoms with Gasteiger partial charge in [0.2, 0.25) is 0 Å². The van der Waals surface area contributed by atoms with Gasteiger partial charge in [-0.05, 0) is 62.4 Å². The monoisotopic (exact) mass is 1120 g/mol. The first-order valence-corrected chi connectivity index (χ1v) is 28.1. The summed E-state index contributed by atoms with van der Waals surface area (Å²) in [6.07, 6.45) is -8.59. The lowest BCUT2D eigenvalue weighted by Crippen LogP contribution is -2.39. The third-order valence-corrected chi connectivity index (χ3v) is 16.7. The normalized spacial score (nSPS) is 23.7. The van der Waals surface area contributed by atoms with Gasteiger partial charge in [-0.25, -0.2) is 14.4 Å². The molecule has 6 heterocycles. The number of aromatic amines is 3. The zero-order valence-electron chi connectivity index (χ0n) is 42.7. The molecule has 0 amide bonds. The molecule has 0 spiro atoms. The number of H-pyrrole nitrogens is 3. The molecule has 416 valence electrons. The predicted octanol–water partition coefficient (Wildman–Crippen LogP) is 2.01. The van der Waals surface area contributed by atoms with Crippen molar-refractivity contribution in [3.63, 3.8) is 0 Å². The quantitative estimate of drug-likeness (QED) is 0.0628. The molecule has 24 nitrogen and oxygen atoms in total. The molecule has 3 aromatic heterocycles. The van der Waals surface area contributed by atoms with E-state index in [0.717, 1.165) is 13.7 Å². The van der Waals surface area contributed by atoms with E-state index >= 15 is 0 Å². The number of hydrogen-bond donors (Lipinski definition) is 4. The molecule has 3 fully saturated rings. The third kappa shape index (κ3) is 12.1. The molecule has 26 heteroatoms. The van der Waals surface area contributed by atoms with Crippen molar-refractivity contribution in [1.82, 2.24) is 28.7 Å². The molecule has 0 aliphatic carbocycles. The molecule has 3 aromatic carbocycles. The molecule has 78 heavy (non-hydrogen) atoms. The maximum Gasteiger partial charge on any atom is 0.330 e. The number of rotatable bonds is 20. The number of nitrogens with one attached hydrogen (secondary N) is 3. The number of aliphatic hydroxyl groups is 1. The smallest absolute Gasteiger partial charge is 0.330 e. The molecule has 4 N–H and O–H groups in total. The van der Waals surface area contributed by atoms with Crippen molar-refractivity contribution in [2.75, 3.05) is 25.2 Å². The number of hydrogen-bond acceptors (Lipinski definition) is 18. The second-order valence-electron chi connectivity index (χ2n) is 19.4. The molecule has 0 radical (unpaired) electrons. The van der Waals surface area contributed by atoms with E-state index in [1.165, 1.54) is 39.4 Å². The molecule has 3 saturated heterocycles. The second kappa shape index (κ2) is 22.8. The summed E-state index contributed by atoms with van der Waals surface area (Å²) in [4.78, 5) is 82.1. The molecule has 3 aliphatic rings. The molecule has 0 unspecified atom stereocenters. The van der Waals surface area contributed by atoms with Crippen LogP contribution in [0.1, 0.15) is 84.2 Å². The van der Waals surface area contributed by atoms with Gasteiger partial charge >= 0.3 is 17.1 Å². The second-order valence-corrected chi connectivity index (χ2v) is 22.9. The van der Waals surface area contributed by atoms with Crippen LogP contribution in [0, 0.1) is 20.8 Å². The Morgan fingerprint density at radius 1 is 0.551 bits per heavy atom. The van der Waals surface area contributed by atoms with Gasteiger partial charge in [-0.15, -0.1) is 0 Å². The van der Waals surface area contributed by atoms with Gasteiger partial charge in [0.1, 0.15) is 48.3 Å². The van der Waals surface area contributed by atoms with Crippen LogP contribution in [0.15, 0.2) is 132 Å². The van der Waals surface area contributed by atoms with Crippen LogP contribution < -0.4 is 38.5 Å². The Kier molecular flexibility index (Phi) is 16.4. The number of methoxy groups -OCH3 is 1. The van der Waals surface area contributed by atoms with Crippen molar-refractivity contribution in [2.45, 2.75) is 114 Å². The first-order valence-electron chi connectivity index (χ1n) is 25.0. The average molecular weight is 1120 g/mol. The van der Waals surface area contributed by atoms with E-state index in [0.29, 0.717) is 22.4 Å². The van der Waals surface area contributed by atoms with Gasteiger partial charge in [-0.2, -0.15) is 16.8 Å². The minimum atomic E-state index is -4.65. The number of aliphatic hydroxyl groups excluding tert-OH is 1. The topological polar surface area (TPSA) is 318 Å². The van der Waals surface area contributed by atoms with Crippen LogP contribution in [0.3, 0.4) is 0 Å². The minimum Gasteiger partial charge on any atom is -0.497 e. The van der Waals surface area contributed by atoms with Crippen LogP contribution in [0.25, 0.3) is 0 Å². The molecule has 9 rings (SSSR count). The standard InChI is InChI=1S/C52H58N6O18S2/c1-30-26-56(49(63)53-46(30)60)43-23-37(59)38(72-43)19-21-77(66,67)75-40-24-44(57-27-31(2)47(61)54-50(57)64)73-39(40)20-22-78(68,69)76-41-25-45(58-28-32(3)48(62)55-51(58)65)74-42(41)29-71-52(33-11-7-5-8-12-33,34-13-9-6-10-14-34)35-15-17-36(70-4)18-16-35/h5-18,26-28,37-45,59H,19-25,29H2,1-4H3,(H,53,60,63)(H,54,61,64)(H,55,62,65)/t37-,38+,39+,40-,41-,42+,43+,44+,45+/m0/s1. The average Bonchev–Trinajstić information content (AvgIpc) is 4.16. The van der Waals surface area contributed by atoms with E-state index < -0.39 is 133 Å². The summed E-state index contributed by atoms with van der Waals surface area (Å²) in [5, 5.41) is 10.8. The van der Waals surface area contributed by atoms with Crippen molar-refractivity contribution in [3.8, 4) is 5.75 Å². The van der Waals surface area contributed by atoms with Crippen LogP contribution >= 0.6 is 0 Å². The molecular weight excluding hydrogens is 1060 g/mol. The Bertz CT molecular complexity index is 3690. The highest BCUT2D eigenvalue weighted by Gasteiger charge is 2.46. The predicted molar refractivity (Wildman–Crippen MR) is 278 cm³/mol. The van der Waals surface area contributed by atoms with E-state index in [2.05, 4.69) is 15.0 Å². The van der Waals surface area contributed by atoms with Crippen LogP contribution in [-0.4, -0.2) is 112 Å². The van der Waals surface area contributed by atoms with Crippen LogP contribution in [0.4, 0.5) is 0 Å². The Labute approximate surface area is 445 Å². The summed E-state index contributed by atoms with van der Waals surface area (Å²) in [7, 11) is -7.65. The Balaban J connectivity index is 0.966. The van der Waals surface area contributed by atoms with E-state index in [1.54, 1.807) is 19.2 Å². The minimum absolute atomic E-state index is 0.0976. The maximum absolute atomic E-state index is 14.3. The van der Waals surface area contributed by atoms with Crippen LogP contribution in [-0.2, 0) is 53.2 Å². The first kappa shape index (κ1) is 55.9. The van der Waals surface area contributed by atoms with Crippen molar-refractivity contribution >= 4 is 20.2 Å². The van der Waals surface area contributed by atoms with Crippen molar-refractivity contribution < 1.29 is 54.0 Å². The van der Waals surface area contributed by atoms with Gasteiger partial charge in [0.15, 0.2) is 0 Å². The molecule has 0 saturated carbocycles. The summed E-state index contributed by atoms with van der Waals surface area (Å²) in [5.41, 5.74) is -3.14. The first-order chi connectivity index (χ1) is 37.1. The van der Waals surface area contributed by atoms with Crippen molar-refractivity contribution in [1.29, 1.82) is 0 Å². The highest BCUT2D eigenvalue weighted by atomic mass is 32.2. The molecule has 6 aromatic rings. The summed E-state index contributed by atoms with van der Waals surface area (Å²) in [6, 6.07) is 25.9. The van der Waals surface area contributed by atoms with E-state index in [9.17, 15) is 50.7 Å². The Morgan fingerprint density at radius 3 is 1.38 bits per heavy atom. The number of ether oxygens (including phenoxy) is 5. The fraction of sp³-hybridized carbons (Fsp3) is 0.423. The Hall–Kier alpha value is -6.88. The lowest BCUT2D eigenvalue weighted by molar-refractivity contribution is -0.0911. The fourth-order valence-electron chi connectivity index (χ4n) is 10.0. The van der Waals surface area contributed by atoms with E-state index in [1.807, 2.05) is 72.8 Å². The van der Waals surface area contributed by atoms with Crippen LogP contribution in [0.2, 0.25) is 0 Å². The number of aryl methyl sites for hydroxylation is 3. The van der Waals surface area contributed by atoms with Crippen molar-refractivity contribution in [3.05, 3.63) is 199 Å². The highest BCUT2D eigenvalue weighted by Crippen LogP contribution is 2.43. The largest absolute Gasteiger partial charge is 0.497 e. The van der Waals surface area contributed by atoms with Gasteiger partial charge < -0.3 is 28.8 Å². The van der Waals surface area contributed by atoms with E-state index in [-0.39, 0.29) is 49.0 Å². The van der Waals surface area contributed by atoms with E-state index in [4.69, 9.17) is 32.1 Å². The molecular formula is C52H58N6O18S2. The highest BCUT2D eigenvalue weighted by molar-refractivity contribution is 7.87. The maximum atomic E-state index is 14.3. The van der Waals surface area contributed by atoms with Crippen LogP contribution in [0.5, 0.6) is 5.75 Å². The zero-order chi connectivity index (χ0) is 55.7. The SMILES string of the molecule is COc1ccc(C(OC[C@H]2O[C@@H](n3cc(C)c(=O)[nH]c3=O)C[C@@H]2OS(=O)(=O)CC[C@H]2O[C@@H](n3cc(C)c(=O)[nH]c3=O)C[C@@H]2OS(=O)(=O)CC[C@H]2O[C@@H](n3cc(C)c(=O)[nH]c3=O)C[C@@H]2O)(c2ccccc2)c2ccccc2)cc1. The molecule has 3 aliphatic heterocycles. The number of nitrogens with zero attached hydrogens (tertiary/aromatic N) is 3. The lowest BCUT2D eigenvalue weighted by atomic mass is 9.80. The van der Waals surface area contributed by atoms with Gasteiger partial charge in [-0.3, -0.25) is 51.4 Å². The third-order valence-electron chi connectivity index (χ3n) is 14.1. The molecule has 9 atom stereocenters. The lowest BCUT2D eigenvalue weighted by Gasteiger charge is -2.37. The zero-order valence-corrected chi connectivity index (χ0v) is 44.3. The Morgan fingerprint density at radius 2 is 0.936 bits per heavy atom.